The molecule has 0 radical (unpaired) electrons. The number of aryl methyl sites for hydroxylation is 1. The number of hydrogen-bond acceptors (Lipinski definition) is 4. The zero-order chi connectivity index (χ0) is 17.9. The summed E-state index contributed by atoms with van der Waals surface area (Å²) in [5.74, 6) is 1.38. The predicted molar refractivity (Wildman–Crippen MR) is 101 cm³/mol. The van der Waals surface area contributed by atoms with Gasteiger partial charge in [0.25, 0.3) is 0 Å². The summed E-state index contributed by atoms with van der Waals surface area (Å²) in [7, 11) is 2.17. The Kier molecular flexibility index (Phi) is 3.58. The number of hydrogen-bond donors (Lipinski definition) is 0. The second-order valence-corrected chi connectivity index (χ2v) is 8.37. The molecule has 1 fully saturated rings. The first-order valence-electron chi connectivity index (χ1n) is 9.67. The lowest BCUT2D eigenvalue weighted by atomic mass is 9.76. The molecular formula is C21H25FN4. The fourth-order valence-electron chi connectivity index (χ4n) is 5.38. The molecule has 2 aliphatic heterocycles. The van der Waals surface area contributed by atoms with Crippen LogP contribution in [0.1, 0.15) is 48.9 Å². The minimum atomic E-state index is -0.139. The summed E-state index contributed by atoms with van der Waals surface area (Å²) >= 11 is 0. The van der Waals surface area contributed by atoms with E-state index in [0.717, 1.165) is 62.4 Å². The van der Waals surface area contributed by atoms with Crippen LogP contribution >= 0.6 is 0 Å². The standard InChI is InChI=1S/C21H25FN4/c1-14-4-6-17-19(14)20(24-13-23-17)26-12-21(8-3-9-25(2)11-21)16-10-15(22)5-7-18(16)26/h5,7,10,13-14H,3-4,6,8-9,11-12H2,1-2H3/t14-,21-/m1/s1. The highest BCUT2D eigenvalue weighted by Crippen LogP contribution is 2.50. The molecule has 2 atom stereocenters. The maximum absolute atomic E-state index is 14.2. The van der Waals surface area contributed by atoms with Gasteiger partial charge in [-0.25, -0.2) is 14.4 Å². The van der Waals surface area contributed by atoms with Crippen molar-refractivity contribution >= 4 is 11.5 Å². The van der Waals surface area contributed by atoms with Crippen molar-refractivity contribution < 1.29 is 4.39 Å². The Balaban J connectivity index is 1.66. The minimum absolute atomic E-state index is 0.00981. The van der Waals surface area contributed by atoms with E-state index >= 15 is 0 Å². The molecule has 26 heavy (non-hydrogen) atoms. The highest BCUT2D eigenvalue weighted by atomic mass is 19.1. The summed E-state index contributed by atoms with van der Waals surface area (Å²) in [4.78, 5) is 14.0. The largest absolute Gasteiger partial charge is 0.325 e. The number of likely N-dealkylation sites (tertiary alicyclic amines) is 1. The number of aromatic nitrogens is 2. The molecule has 0 saturated carbocycles. The van der Waals surface area contributed by atoms with Gasteiger partial charge in [-0.3, -0.25) is 0 Å². The van der Waals surface area contributed by atoms with Gasteiger partial charge in [0, 0.05) is 35.4 Å². The predicted octanol–water partition coefficient (Wildman–Crippen LogP) is 3.78. The van der Waals surface area contributed by atoms with Crippen LogP contribution in [-0.2, 0) is 11.8 Å². The first-order chi connectivity index (χ1) is 12.6. The fraction of sp³-hybridized carbons (Fsp3) is 0.524. The van der Waals surface area contributed by atoms with Crippen molar-refractivity contribution in [1.82, 2.24) is 14.9 Å². The van der Waals surface area contributed by atoms with Gasteiger partial charge >= 0.3 is 0 Å². The van der Waals surface area contributed by atoms with Gasteiger partial charge in [-0.05, 0) is 69.0 Å². The Bertz CT molecular complexity index is 867. The molecule has 2 aromatic rings. The smallest absolute Gasteiger partial charge is 0.140 e. The molecule has 136 valence electrons. The monoisotopic (exact) mass is 352 g/mol. The van der Waals surface area contributed by atoms with E-state index in [9.17, 15) is 4.39 Å². The Morgan fingerprint density at radius 1 is 1.23 bits per heavy atom. The van der Waals surface area contributed by atoms with Crippen molar-refractivity contribution in [2.45, 2.75) is 43.9 Å². The van der Waals surface area contributed by atoms with Crippen LogP contribution in [0.3, 0.4) is 0 Å². The zero-order valence-electron chi connectivity index (χ0n) is 15.5. The molecule has 3 heterocycles. The molecule has 1 aromatic carbocycles. The lowest BCUT2D eigenvalue weighted by Gasteiger charge is -2.39. The van der Waals surface area contributed by atoms with Crippen molar-refractivity contribution in [2.24, 2.45) is 0 Å². The molecule has 5 rings (SSSR count). The summed E-state index contributed by atoms with van der Waals surface area (Å²) in [5, 5.41) is 0. The second-order valence-electron chi connectivity index (χ2n) is 8.37. The maximum atomic E-state index is 14.2. The van der Waals surface area contributed by atoms with Crippen LogP contribution in [0.15, 0.2) is 24.5 Å². The van der Waals surface area contributed by atoms with Crippen molar-refractivity contribution in [3.63, 3.8) is 0 Å². The van der Waals surface area contributed by atoms with Gasteiger partial charge in [0.05, 0.1) is 0 Å². The van der Waals surface area contributed by atoms with Crippen LogP contribution in [0.4, 0.5) is 15.9 Å². The van der Waals surface area contributed by atoms with Crippen LogP contribution < -0.4 is 4.90 Å². The van der Waals surface area contributed by atoms with Gasteiger partial charge < -0.3 is 9.80 Å². The summed E-state index contributed by atoms with van der Waals surface area (Å²) in [6.45, 7) is 5.24. The van der Waals surface area contributed by atoms with Gasteiger partial charge in [0.2, 0.25) is 0 Å². The van der Waals surface area contributed by atoms with Gasteiger partial charge in [-0.1, -0.05) is 6.92 Å². The SMILES string of the molecule is C[C@@H]1CCc2ncnc(N3C[C@]4(CCCN(C)C4)c4cc(F)ccc43)c21. The van der Waals surface area contributed by atoms with E-state index in [1.165, 1.54) is 11.3 Å². The average Bonchev–Trinajstić information content (AvgIpc) is 3.14. The van der Waals surface area contributed by atoms with Crippen LogP contribution in [-0.4, -0.2) is 41.5 Å². The van der Waals surface area contributed by atoms with E-state index in [1.807, 2.05) is 6.07 Å². The molecule has 0 amide bonds. The first kappa shape index (κ1) is 16.2. The lowest BCUT2D eigenvalue weighted by Crippen LogP contribution is -2.46. The van der Waals surface area contributed by atoms with Crippen molar-refractivity contribution in [1.29, 1.82) is 0 Å². The molecule has 0 bridgehead atoms. The third kappa shape index (κ3) is 2.29. The molecular weight excluding hydrogens is 327 g/mol. The number of likely N-dealkylation sites (N-methyl/N-ethyl adjacent to an activating group) is 1. The number of nitrogens with zero attached hydrogens (tertiary/aromatic N) is 4. The zero-order valence-corrected chi connectivity index (χ0v) is 15.5. The number of rotatable bonds is 1. The van der Waals surface area contributed by atoms with Gasteiger partial charge in [-0.2, -0.15) is 0 Å². The van der Waals surface area contributed by atoms with Crippen LogP contribution in [0.5, 0.6) is 0 Å². The molecule has 1 spiro atoms. The van der Waals surface area contributed by atoms with Gasteiger partial charge in [0.1, 0.15) is 18.0 Å². The van der Waals surface area contributed by atoms with E-state index in [0.29, 0.717) is 5.92 Å². The Morgan fingerprint density at radius 3 is 2.96 bits per heavy atom. The van der Waals surface area contributed by atoms with E-state index in [1.54, 1.807) is 18.5 Å². The second kappa shape index (κ2) is 5.74. The number of benzene rings is 1. The van der Waals surface area contributed by atoms with Crippen LogP contribution in [0.2, 0.25) is 0 Å². The summed E-state index contributed by atoms with van der Waals surface area (Å²) in [5.41, 5.74) is 4.75. The molecule has 1 aliphatic carbocycles. The Labute approximate surface area is 154 Å². The van der Waals surface area contributed by atoms with Crippen molar-refractivity contribution in [2.75, 3.05) is 31.6 Å². The Hall–Kier alpha value is -2.01. The molecule has 4 nitrogen and oxygen atoms in total. The van der Waals surface area contributed by atoms with E-state index in [-0.39, 0.29) is 11.2 Å². The van der Waals surface area contributed by atoms with Crippen molar-refractivity contribution in [3.05, 3.63) is 47.2 Å². The maximum Gasteiger partial charge on any atom is 0.140 e. The Morgan fingerprint density at radius 2 is 2.12 bits per heavy atom. The highest BCUT2D eigenvalue weighted by Gasteiger charge is 2.46. The molecule has 0 unspecified atom stereocenters. The van der Waals surface area contributed by atoms with E-state index in [2.05, 4.69) is 28.8 Å². The van der Waals surface area contributed by atoms with E-state index < -0.39 is 0 Å². The quantitative estimate of drug-likeness (QED) is 0.782. The number of halogens is 1. The van der Waals surface area contributed by atoms with Crippen molar-refractivity contribution in [3.8, 4) is 0 Å². The summed E-state index contributed by atoms with van der Waals surface area (Å²) in [6.07, 6.45) is 6.13. The molecule has 0 N–H and O–H groups in total. The average molecular weight is 352 g/mol. The third-order valence-corrected chi connectivity index (χ3v) is 6.56. The number of fused-ring (bicyclic) bond motifs is 3. The number of anilines is 2. The fourth-order valence-corrected chi connectivity index (χ4v) is 5.38. The van der Waals surface area contributed by atoms with Gasteiger partial charge in [0.15, 0.2) is 0 Å². The highest BCUT2D eigenvalue weighted by molar-refractivity contribution is 5.73. The summed E-state index contributed by atoms with van der Waals surface area (Å²) < 4.78 is 14.2. The minimum Gasteiger partial charge on any atom is -0.325 e. The van der Waals surface area contributed by atoms with Crippen LogP contribution in [0, 0.1) is 5.82 Å². The van der Waals surface area contributed by atoms with E-state index in [4.69, 9.17) is 4.98 Å². The molecule has 1 aromatic heterocycles. The van der Waals surface area contributed by atoms with Gasteiger partial charge in [-0.15, -0.1) is 0 Å². The first-order valence-corrected chi connectivity index (χ1v) is 9.67. The normalized spacial score (nSPS) is 27.8. The molecule has 1 saturated heterocycles. The third-order valence-electron chi connectivity index (χ3n) is 6.56. The topological polar surface area (TPSA) is 32.3 Å². The molecule has 5 heteroatoms. The summed E-state index contributed by atoms with van der Waals surface area (Å²) in [6, 6.07) is 5.30. The lowest BCUT2D eigenvalue weighted by molar-refractivity contribution is 0.186. The van der Waals surface area contributed by atoms with Crippen LogP contribution in [0.25, 0.3) is 0 Å². The molecule has 3 aliphatic rings. The number of piperidine rings is 1.